The van der Waals surface area contributed by atoms with E-state index in [1.54, 1.807) is 0 Å². The lowest BCUT2D eigenvalue weighted by atomic mass is 10.4. The van der Waals surface area contributed by atoms with Crippen molar-refractivity contribution in [2.75, 3.05) is 5.32 Å². The van der Waals surface area contributed by atoms with Gasteiger partial charge in [-0.15, -0.1) is 0 Å². The van der Waals surface area contributed by atoms with Crippen molar-refractivity contribution < 1.29 is 9.53 Å². The van der Waals surface area contributed by atoms with Gasteiger partial charge in [-0.1, -0.05) is 0 Å². The van der Waals surface area contributed by atoms with E-state index in [1.807, 2.05) is 13.8 Å². The van der Waals surface area contributed by atoms with E-state index in [-0.39, 0.29) is 18.0 Å². The van der Waals surface area contributed by atoms with Crippen LogP contribution in [-0.2, 0) is 4.79 Å². The van der Waals surface area contributed by atoms with Gasteiger partial charge in [0, 0.05) is 6.92 Å². The summed E-state index contributed by atoms with van der Waals surface area (Å²) in [6.07, 6.45) is 1.48. The van der Waals surface area contributed by atoms with Crippen molar-refractivity contribution in [2.24, 2.45) is 0 Å². The molecule has 90 valence electrons. The Labute approximate surface area is 97.6 Å². The molecule has 2 heterocycles. The molecule has 7 nitrogen and oxygen atoms in total. The molecule has 0 aliphatic carbocycles. The molecule has 2 N–H and O–H groups in total. The highest BCUT2D eigenvalue weighted by Crippen LogP contribution is 2.21. The average Bonchev–Trinajstić information content (AvgIpc) is 2.63. The van der Waals surface area contributed by atoms with Crippen LogP contribution < -0.4 is 10.1 Å². The van der Waals surface area contributed by atoms with Gasteiger partial charge in [-0.3, -0.25) is 10.1 Å². The molecule has 0 aromatic carbocycles. The number of nitrogens with zero attached hydrogens (tertiary/aromatic N) is 3. The van der Waals surface area contributed by atoms with Crippen molar-refractivity contribution in [3.05, 3.63) is 6.33 Å². The van der Waals surface area contributed by atoms with Crippen LogP contribution in [-0.4, -0.2) is 31.9 Å². The molecule has 0 bridgehead atoms. The molecule has 0 unspecified atom stereocenters. The second-order valence-electron chi connectivity index (χ2n) is 3.80. The highest BCUT2D eigenvalue weighted by molar-refractivity contribution is 5.88. The first-order valence-electron chi connectivity index (χ1n) is 5.21. The summed E-state index contributed by atoms with van der Waals surface area (Å²) in [6, 6.07) is 0. The van der Waals surface area contributed by atoms with Gasteiger partial charge in [0.2, 0.25) is 17.7 Å². The number of carbonyl (C=O) groups is 1. The van der Waals surface area contributed by atoms with Crippen LogP contribution in [0.15, 0.2) is 6.33 Å². The highest BCUT2D eigenvalue weighted by Gasteiger charge is 2.12. The molecular weight excluding hydrogens is 222 g/mol. The maximum atomic E-state index is 11.0. The van der Waals surface area contributed by atoms with E-state index in [9.17, 15) is 4.79 Å². The monoisotopic (exact) mass is 235 g/mol. The summed E-state index contributed by atoms with van der Waals surface area (Å²) in [6.45, 7) is 5.17. The Kier molecular flexibility index (Phi) is 2.90. The van der Waals surface area contributed by atoms with E-state index >= 15 is 0 Å². The zero-order chi connectivity index (χ0) is 12.4. The van der Waals surface area contributed by atoms with Gasteiger partial charge in [0.25, 0.3) is 0 Å². The van der Waals surface area contributed by atoms with Crippen molar-refractivity contribution in [3.63, 3.8) is 0 Å². The van der Waals surface area contributed by atoms with Crippen molar-refractivity contribution in [2.45, 2.75) is 26.9 Å². The molecule has 0 radical (unpaired) electrons. The highest BCUT2D eigenvalue weighted by atomic mass is 16.5. The number of aromatic amines is 1. The molecule has 0 fully saturated rings. The number of nitrogens with one attached hydrogen (secondary N) is 2. The molecule has 2 rings (SSSR count). The number of carbonyl (C=O) groups excluding carboxylic acids is 1. The second-order valence-corrected chi connectivity index (χ2v) is 3.80. The summed E-state index contributed by atoms with van der Waals surface area (Å²) in [5.41, 5.74) is 1.08. The second kappa shape index (κ2) is 4.36. The summed E-state index contributed by atoms with van der Waals surface area (Å²) < 4.78 is 5.53. The first-order valence-corrected chi connectivity index (χ1v) is 5.21. The fraction of sp³-hybridized carbons (Fsp3) is 0.400. The minimum absolute atomic E-state index is 0.0263. The van der Waals surface area contributed by atoms with Gasteiger partial charge >= 0.3 is 0 Å². The van der Waals surface area contributed by atoms with Crippen LogP contribution in [0.2, 0.25) is 0 Å². The van der Waals surface area contributed by atoms with Crippen LogP contribution in [0.3, 0.4) is 0 Å². The molecule has 2 aromatic heterocycles. The Morgan fingerprint density at radius 2 is 2.24 bits per heavy atom. The lowest BCUT2D eigenvalue weighted by molar-refractivity contribution is -0.114. The van der Waals surface area contributed by atoms with Crippen molar-refractivity contribution in [3.8, 4) is 5.88 Å². The molecule has 2 aromatic rings. The Hall–Kier alpha value is -2.18. The van der Waals surface area contributed by atoms with E-state index in [0.29, 0.717) is 17.0 Å². The van der Waals surface area contributed by atoms with Crippen LogP contribution in [0, 0.1) is 0 Å². The number of aromatic nitrogens is 4. The fourth-order valence-electron chi connectivity index (χ4n) is 1.33. The summed E-state index contributed by atoms with van der Waals surface area (Å²) in [7, 11) is 0. The fourth-order valence-corrected chi connectivity index (χ4v) is 1.33. The van der Waals surface area contributed by atoms with Gasteiger partial charge in [-0.05, 0) is 13.8 Å². The standard InChI is InChI=1S/C10H13N5O2/c1-5(2)17-9-7-8(12-4-11-7)14-10(15-9)13-6(3)16/h4-5H,1-3H3,(H2,11,12,13,14,15,16). The average molecular weight is 235 g/mol. The number of hydrogen-bond donors (Lipinski definition) is 2. The van der Waals surface area contributed by atoms with E-state index in [1.165, 1.54) is 13.3 Å². The predicted molar refractivity (Wildman–Crippen MR) is 61.8 cm³/mol. The summed E-state index contributed by atoms with van der Waals surface area (Å²) >= 11 is 0. The van der Waals surface area contributed by atoms with Gasteiger partial charge in [0.05, 0.1) is 12.4 Å². The zero-order valence-electron chi connectivity index (χ0n) is 9.81. The van der Waals surface area contributed by atoms with Crippen LogP contribution >= 0.6 is 0 Å². The molecule has 7 heteroatoms. The molecule has 0 spiro atoms. The molecule has 0 aliphatic rings. The number of ether oxygens (including phenoxy) is 1. The van der Waals surface area contributed by atoms with Gasteiger partial charge in [-0.2, -0.15) is 9.97 Å². The molecule has 0 saturated heterocycles. The number of rotatable bonds is 3. The predicted octanol–water partition coefficient (Wildman–Crippen LogP) is 1.10. The smallest absolute Gasteiger partial charge is 0.245 e. The number of fused-ring (bicyclic) bond motifs is 1. The largest absolute Gasteiger partial charge is 0.473 e. The summed E-state index contributed by atoms with van der Waals surface area (Å²) in [5, 5.41) is 2.51. The van der Waals surface area contributed by atoms with Crippen molar-refractivity contribution in [1.82, 2.24) is 19.9 Å². The van der Waals surface area contributed by atoms with Gasteiger partial charge in [-0.25, -0.2) is 4.98 Å². The SMILES string of the molecule is CC(=O)Nc1nc(OC(C)C)c2[nH]cnc2n1. The van der Waals surface area contributed by atoms with Gasteiger partial charge in [0.15, 0.2) is 5.65 Å². The Balaban J connectivity index is 2.46. The van der Waals surface area contributed by atoms with Crippen LogP contribution in [0.5, 0.6) is 5.88 Å². The van der Waals surface area contributed by atoms with Gasteiger partial charge < -0.3 is 9.72 Å². The Morgan fingerprint density at radius 1 is 1.47 bits per heavy atom. The molecular formula is C10H13N5O2. The van der Waals surface area contributed by atoms with Crippen LogP contribution in [0.4, 0.5) is 5.95 Å². The number of H-pyrrole nitrogens is 1. The van der Waals surface area contributed by atoms with Crippen molar-refractivity contribution >= 4 is 23.0 Å². The number of amides is 1. The minimum atomic E-state index is -0.240. The van der Waals surface area contributed by atoms with E-state index in [0.717, 1.165) is 0 Å². The van der Waals surface area contributed by atoms with E-state index in [4.69, 9.17) is 4.74 Å². The lowest BCUT2D eigenvalue weighted by Gasteiger charge is -2.10. The maximum Gasteiger partial charge on any atom is 0.245 e. The third-order valence-corrected chi connectivity index (χ3v) is 1.89. The molecule has 0 aliphatic heterocycles. The normalized spacial score (nSPS) is 10.8. The summed E-state index contributed by atoms with van der Waals surface area (Å²) in [5.74, 6) is 0.328. The Morgan fingerprint density at radius 3 is 2.88 bits per heavy atom. The number of imidazole rings is 1. The van der Waals surface area contributed by atoms with Crippen molar-refractivity contribution in [1.29, 1.82) is 0 Å². The zero-order valence-corrected chi connectivity index (χ0v) is 9.81. The Bertz CT molecular complexity index is 549. The number of hydrogen-bond acceptors (Lipinski definition) is 5. The van der Waals surface area contributed by atoms with E-state index in [2.05, 4.69) is 25.3 Å². The van der Waals surface area contributed by atoms with E-state index < -0.39 is 0 Å². The van der Waals surface area contributed by atoms with Crippen LogP contribution in [0.1, 0.15) is 20.8 Å². The quantitative estimate of drug-likeness (QED) is 0.830. The topological polar surface area (TPSA) is 92.8 Å². The summed E-state index contributed by atoms with van der Waals surface area (Å²) in [4.78, 5) is 26.1. The molecule has 0 saturated carbocycles. The number of anilines is 1. The molecule has 17 heavy (non-hydrogen) atoms. The third kappa shape index (κ3) is 2.49. The minimum Gasteiger partial charge on any atom is -0.473 e. The first kappa shape index (κ1) is 11.3. The maximum absolute atomic E-state index is 11.0. The third-order valence-electron chi connectivity index (χ3n) is 1.89. The van der Waals surface area contributed by atoms with Gasteiger partial charge in [0.1, 0.15) is 5.52 Å². The first-order chi connectivity index (χ1) is 8.06. The van der Waals surface area contributed by atoms with Crippen LogP contribution in [0.25, 0.3) is 11.2 Å². The molecule has 1 amide bonds. The molecule has 0 atom stereocenters. The lowest BCUT2D eigenvalue weighted by Crippen LogP contribution is -2.12.